The lowest BCUT2D eigenvalue weighted by Crippen LogP contribution is -2.41. The van der Waals surface area contributed by atoms with Gasteiger partial charge in [0.25, 0.3) is 5.91 Å². The van der Waals surface area contributed by atoms with Gasteiger partial charge in [0.1, 0.15) is 5.65 Å². The van der Waals surface area contributed by atoms with E-state index in [-0.39, 0.29) is 18.1 Å². The standard InChI is InChI=1S/C18H19N3O2S/c1-11-9-21-10-12(4-5-16(21)19-11)18(23)20-17(13-7-14(22)8-13)15-3-2-6-24-15/h2-6,9-10,13-14,17,22H,7-8H2,1H3,(H,20,23)/t13?,14?,17-/m0/s1. The van der Waals surface area contributed by atoms with Gasteiger partial charge in [0.15, 0.2) is 0 Å². The second-order valence-electron chi connectivity index (χ2n) is 6.42. The Kier molecular flexibility index (Phi) is 3.86. The van der Waals surface area contributed by atoms with Crippen LogP contribution >= 0.6 is 11.3 Å². The van der Waals surface area contributed by atoms with E-state index in [0.717, 1.165) is 29.1 Å². The number of pyridine rings is 1. The zero-order chi connectivity index (χ0) is 16.7. The van der Waals surface area contributed by atoms with Crippen LogP contribution in [0.3, 0.4) is 0 Å². The number of nitrogens with zero attached hydrogens (tertiary/aromatic N) is 2. The van der Waals surface area contributed by atoms with Crippen molar-refractivity contribution < 1.29 is 9.90 Å². The van der Waals surface area contributed by atoms with Gasteiger partial charge in [0, 0.05) is 17.3 Å². The van der Waals surface area contributed by atoms with Crippen molar-refractivity contribution in [2.75, 3.05) is 0 Å². The topological polar surface area (TPSA) is 66.6 Å². The molecule has 1 saturated carbocycles. The summed E-state index contributed by atoms with van der Waals surface area (Å²) in [6, 6.07) is 7.66. The largest absolute Gasteiger partial charge is 0.393 e. The fourth-order valence-electron chi connectivity index (χ4n) is 3.27. The van der Waals surface area contributed by atoms with Gasteiger partial charge >= 0.3 is 0 Å². The minimum Gasteiger partial charge on any atom is -0.393 e. The minimum atomic E-state index is -0.236. The molecule has 5 nitrogen and oxygen atoms in total. The Bertz CT molecular complexity index is 866. The minimum absolute atomic E-state index is 0.0406. The second-order valence-corrected chi connectivity index (χ2v) is 7.40. The summed E-state index contributed by atoms with van der Waals surface area (Å²) in [7, 11) is 0. The Morgan fingerprint density at radius 3 is 2.92 bits per heavy atom. The lowest BCUT2D eigenvalue weighted by atomic mass is 9.76. The molecule has 0 spiro atoms. The maximum absolute atomic E-state index is 12.7. The Labute approximate surface area is 144 Å². The quantitative estimate of drug-likeness (QED) is 0.767. The molecule has 3 heterocycles. The molecule has 24 heavy (non-hydrogen) atoms. The summed E-state index contributed by atoms with van der Waals surface area (Å²) >= 11 is 1.64. The molecule has 0 aromatic carbocycles. The number of fused-ring (bicyclic) bond motifs is 1. The van der Waals surface area contributed by atoms with E-state index in [4.69, 9.17) is 0 Å². The molecule has 1 fully saturated rings. The maximum atomic E-state index is 12.7. The lowest BCUT2D eigenvalue weighted by Gasteiger charge is -2.37. The van der Waals surface area contributed by atoms with Crippen molar-refractivity contribution >= 4 is 22.9 Å². The number of hydrogen-bond acceptors (Lipinski definition) is 4. The molecule has 124 valence electrons. The van der Waals surface area contributed by atoms with Crippen molar-refractivity contribution in [1.82, 2.24) is 14.7 Å². The molecule has 3 aromatic rings. The molecule has 0 unspecified atom stereocenters. The first kappa shape index (κ1) is 15.4. The van der Waals surface area contributed by atoms with E-state index in [0.29, 0.717) is 11.5 Å². The molecule has 0 bridgehead atoms. The molecular formula is C18H19N3O2S. The first-order valence-electron chi connectivity index (χ1n) is 8.08. The molecule has 0 radical (unpaired) electrons. The van der Waals surface area contributed by atoms with E-state index >= 15 is 0 Å². The monoisotopic (exact) mass is 341 g/mol. The Morgan fingerprint density at radius 2 is 2.21 bits per heavy atom. The van der Waals surface area contributed by atoms with E-state index in [1.54, 1.807) is 17.4 Å². The van der Waals surface area contributed by atoms with Gasteiger partial charge in [-0.2, -0.15) is 0 Å². The van der Waals surface area contributed by atoms with E-state index < -0.39 is 0 Å². The van der Waals surface area contributed by atoms with Crippen LogP contribution in [0.4, 0.5) is 0 Å². The third-order valence-electron chi connectivity index (χ3n) is 4.59. The van der Waals surface area contributed by atoms with Gasteiger partial charge in [-0.25, -0.2) is 4.98 Å². The van der Waals surface area contributed by atoms with E-state index in [2.05, 4.69) is 10.3 Å². The van der Waals surface area contributed by atoms with Gasteiger partial charge in [-0.1, -0.05) is 6.07 Å². The number of aromatic nitrogens is 2. The maximum Gasteiger partial charge on any atom is 0.253 e. The van der Waals surface area contributed by atoms with Crippen LogP contribution in [0.5, 0.6) is 0 Å². The second kappa shape index (κ2) is 6.03. The predicted molar refractivity (Wildman–Crippen MR) is 93.2 cm³/mol. The van der Waals surface area contributed by atoms with Crippen LogP contribution in [-0.4, -0.2) is 26.5 Å². The Morgan fingerprint density at radius 1 is 1.38 bits per heavy atom. The van der Waals surface area contributed by atoms with Crippen LogP contribution in [0.15, 0.2) is 42.0 Å². The molecule has 1 amide bonds. The van der Waals surface area contributed by atoms with Crippen LogP contribution in [0.1, 0.15) is 39.8 Å². The van der Waals surface area contributed by atoms with E-state index in [1.165, 1.54) is 0 Å². The Hall–Kier alpha value is -2.18. The summed E-state index contributed by atoms with van der Waals surface area (Å²) < 4.78 is 1.87. The highest BCUT2D eigenvalue weighted by Gasteiger charge is 2.36. The highest BCUT2D eigenvalue weighted by Crippen LogP contribution is 2.39. The van der Waals surface area contributed by atoms with Crippen molar-refractivity contribution in [2.24, 2.45) is 5.92 Å². The van der Waals surface area contributed by atoms with Gasteiger partial charge in [0.05, 0.1) is 23.4 Å². The summed E-state index contributed by atoms with van der Waals surface area (Å²) in [5.74, 6) is 0.199. The highest BCUT2D eigenvalue weighted by molar-refractivity contribution is 7.10. The molecule has 0 saturated heterocycles. The van der Waals surface area contributed by atoms with Crippen LogP contribution in [0, 0.1) is 12.8 Å². The van der Waals surface area contributed by atoms with Gasteiger partial charge in [-0.3, -0.25) is 4.79 Å². The molecule has 1 atom stereocenters. The van der Waals surface area contributed by atoms with Gasteiger partial charge < -0.3 is 14.8 Å². The SMILES string of the molecule is Cc1cn2cc(C(=O)N[C@H](c3cccs3)C3CC(O)C3)ccc2n1. The van der Waals surface area contributed by atoms with Gasteiger partial charge in [-0.05, 0) is 49.3 Å². The first-order chi connectivity index (χ1) is 11.6. The number of thiophene rings is 1. The first-order valence-corrected chi connectivity index (χ1v) is 8.96. The van der Waals surface area contributed by atoms with Crippen molar-refractivity contribution in [3.05, 3.63) is 58.2 Å². The van der Waals surface area contributed by atoms with Crippen molar-refractivity contribution in [2.45, 2.75) is 31.9 Å². The lowest BCUT2D eigenvalue weighted by molar-refractivity contribution is 0.0241. The highest BCUT2D eigenvalue weighted by atomic mass is 32.1. The number of amides is 1. The number of carbonyl (C=O) groups is 1. The van der Waals surface area contributed by atoms with Crippen molar-refractivity contribution in [3.8, 4) is 0 Å². The van der Waals surface area contributed by atoms with Crippen molar-refractivity contribution in [3.63, 3.8) is 0 Å². The summed E-state index contributed by atoms with van der Waals surface area (Å²) in [5.41, 5.74) is 2.37. The molecule has 1 aliphatic rings. The molecule has 6 heteroatoms. The number of aliphatic hydroxyl groups is 1. The average molecular weight is 341 g/mol. The molecule has 4 rings (SSSR count). The number of aryl methyl sites for hydroxylation is 1. The fraction of sp³-hybridized carbons (Fsp3) is 0.333. The third-order valence-corrected chi connectivity index (χ3v) is 5.55. The average Bonchev–Trinajstić information content (AvgIpc) is 3.17. The summed E-state index contributed by atoms with van der Waals surface area (Å²) in [6.45, 7) is 1.93. The number of imidazole rings is 1. The number of hydrogen-bond donors (Lipinski definition) is 2. The van der Waals surface area contributed by atoms with E-state index in [9.17, 15) is 9.90 Å². The zero-order valence-corrected chi connectivity index (χ0v) is 14.2. The fourth-order valence-corrected chi connectivity index (χ4v) is 4.14. The molecule has 2 N–H and O–H groups in total. The Balaban J connectivity index is 1.57. The molecule has 3 aromatic heterocycles. The predicted octanol–water partition coefficient (Wildman–Crippen LogP) is 2.95. The van der Waals surface area contributed by atoms with Gasteiger partial charge in [-0.15, -0.1) is 11.3 Å². The van der Waals surface area contributed by atoms with Crippen LogP contribution in [0.25, 0.3) is 5.65 Å². The van der Waals surface area contributed by atoms with Crippen LogP contribution in [0.2, 0.25) is 0 Å². The van der Waals surface area contributed by atoms with E-state index in [1.807, 2.05) is 47.3 Å². The zero-order valence-electron chi connectivity index (χ0n) is 13.3. The van der Waals surface area contributed by atoms with Crippen LogP contribution < -0.4 is 5.32 Å². The summed E-state index contributed by atoms with van der Waals surface area (Å²) in [5, 5.41) is 14.8. The summed E-state index contributed by atoms with van der Waals surface area (Å²) in [6.07, 6.45) is 4.96. The normalized spacial score (nSPS) is 21.4. The molecular weight excluding hydrogens is 322 g/mol. The van der Waals surface area contributed by atoms with Crippen molar-refractivity contribution in [1.29, 1.82) is 0 Å². The van der Waals surface area contributed by atoms with Crippen LogP contribution in [-0.2, 0) is 0 Å². The summed E-state index contributed by atoms with van der Waals surface area (Å²) in [4.78, 5) is 18.2. The molecule has 1 aliphatic carbocycles. The number of aliphatic hydroxyl groups excluding tert-OH is 1. The number of nitrogens with one attached hydrogen (secondary N) is 1. The molecule has 0 aliphatic heterocycles. The number of carbonyl (C=O) groups excluding carboxylic acids is 1. The third kappa shape index (κ3) is 2.83. The number of rotatable bonds is 4. The van der Waals surface area contributed by atoms with Gasteiger partial charge in [0.2, 0.25) is 0 Å². The smallest absolute Gasteiger partial charge is 0.253 e.